The van der Waals surface area contributed by atoms with E-state index >= 15 is 0 Å². The molecule has 0 bridgehead atoms. The fraction of sp³-hybridized carbons (Fsp3) is 0.714. The summed E-state index contributed by atoms with van der Waals surface area (Å²) in [6.45, 7) is 3.83. The molecule has 0 spiro atoms. The Labute approximate surface area is 121 Å². The van der Waals surface area contributed by atoms with Gasteiger partial charge in [0.1, 0.15) is 5.76 Å². The largest absolute Gasteiger partial charge is 0.447 e. The van der Waals surface area contributed by atoms with Gasteiger partial charge in [-0.15, -0.1) is 0 Å². The number of furan rings is 1. The summed E-state index contributed by atoms with van der Waals surface area (Å²) in [6.07, 6.45) is 6.49. The zero-order valence-corrected chi connectivity index (χ0v) is 13.1. The maximum atomic E-state index is 11.6. The molecule has 0 amide bonds. The summed E-state index contributed by atoms with van der Waals surface area (Å²) in [5, 5.41) is 3.36. The molecule has 20 heavy (non-hydrogen) atoms. The van der Waals surface area contributed by atoms with Crippen LogP contribution in [-0.2, 0) is 16.6 Å². The molecule has 0 aliphatic heterocycles. The first-order valence-electron chi connectivity index (χ1n) is 7.18. The molecule has 1 aromatic heterocycles. The van der Waals surface area contributed by atoms with Crippen LogP contribution in [0.3, 0.4) is 0 Å². The lowest BCUT2D eigenvalue weighted by Crippen LogP contribution is -2.33. The third-order valence-electron chi connectivity index (χ3n) is 4.08. The molecule has 0 radical (unpaired) electrons. The first kappa shape index (κ1) is 15.5. The summed E-state index contributed by atoms with van der Waals surface area (Å²) in [6, 6.07) is 3.20. The molecule has 1 aliphatic carbocycles. The molecule has 0 saturated heterocycles. The summed E-state index contributed by atoms with van der Waals surface area (Å²) in [5.41, 5.74) is 0.366. The SMILES string of the molecule is CNS(=O)(=O)c1ccc(CNCC2(C)CCCCC2)o1. The highest BCUT2D eigenvalue weighted by Gasteiger charge is 2.26. The van der Waals surface area contributed by atoms with Gasteiger partial charge in [0.05, 0.1) is 6.54 Å². The second-order valence-corrected chi connectivity index (χ2v) is 7.72. The van der Waals surface area contributed by atoms with Crippen molar-refractivity contribution in [2.45, 2.75) is 50.7 Å². The predicted octanol–water partition coefficient (Wildman–Crippen LogP) is 2.25. The van der Waals surface area contributed by atoms with Crippen molar-refractivity contribution < 1.29 is 12.8 Å². The minimum absolute atomic E-state index is 0.0271. The minimum Gasteiger partial charge on any atom is -0.447 e. The fourth-order valence-electron chi connectivity index (χ4n) is 2.77. The highest BCUT2D eigenvalue weighted by Crippen LogP contribution is 2.34. The lowest BCUT2D eigenvalue weighted by Gasteiger charge is -2.33. The van der Waals surface area contributed by atoms with Crippen LogP contribution in [0, 0.1) is 5.41 Å². The van der Waals surface area contributed by atoms with Crippen LogP contribution in [0.25, 0.3) is 0 Å². The van der Waals surface area contributed by atoms with E-state index in [-0.39, 0.29) is 5.09 Å². The van der Waals surface area contributed by atoms with Crippen LogP contribution in [0.1, 0.15) is 44.8 Å². The third kappa shape index (κ3) is 3.84. The summed E-state index contributed by atoms with van der Waals surface area (Å²) >= 11 is 0. The standard InChI is InChI=1S/C14H24N2O3S/c1-14(8-4-3-5-9-14)11-16-10-12-6-7-13(19-12)20(17,18)15-2/h6-7,15-16H,3-5,8-11H2,1-2H3. The van der Waals surface area contributed by atoms with Crippen LogP contribution in [0.15, 0.2) is 21.6 Å². The molecule has 1 heterocycles. The van der Waals surface area contributed by atoms with Gasteiger partial charge in [0.25, 0.3) is 10.0 Å². The lowest BCUT2D eigenvalue weighted by atomic mass is 9.76. The molecule has 1 aliphatic rings. The molecule has 0 unspecified atom stereocenters. The van der Waals surface area contributed by atoms with Crippen LogP contribution in [0.4, 0.5) is 0 Å². The minimum atomic E-state index is -3.48. The van der Waals surface area contributed by atoms with Crippen molar-refractivity contribution in [2.24, 2.45) is 5.41 Å². The van der Waals surface area contributed by atoms with Crippen molar-refractivity contribution >= 4 is 10.0 Å². The van der Waals surface area contributed by atoms with E-state index in [2.05, 4.69) is 17.0 Å². The Morgan fingerprint density at radius 1 is 1.25 bits per heavy atom. The van der Waals surface area contributed by atoms with E-state index in [0.717, 1.165) is 6.54 Å². The Hall–Kier alpha value is -0.850. The van der Waals surface area contributed by atoms with E-state index in [1.807, 2.05) is 0 Å². The van der Waals surface area contributed by atoms with Crippen molar-refractivity contribution in [3.8, 4) is 0 Å². The topological polar surface area (TPSA) is 71.3 Å². The molecular weight excluding hydrogens is 276 g/mol. The van der Waals surface area contributed by atoms with E-state index in [1.165, 1.54) is 45.2 Å². The Kier molecular flexibility index (Phi) is 4.88. The highest BCUT2D eigenvalue weighted by atomic mass is 32.2. The number of hydrogen-bond acceptors (Lipinski definition) is 4. The van der Waals surface area contributed by atoms with Gasteiger partial charge < -0.3 is 9.73 Å². The molecule has 6 heteroatoms. The average Bonchev–Trinajstić information content (AvgIpc) is 2.89. The van der Waals surface area contributed by atoms with Gasteiger partial charge in [-0.25, -0.2) is 13.1 Å². The van der Waals surface area contributed by atoms with E-state index in [1.54, 1.807) is 6.07 Å². The third-order valence-corrected chi connectivity index (χ3v) is 5.37. The first-order chi connectivity index (χ1) is 9.45. The normalized spacial score (nSPS) is 19.1. The van der Waals surface area contributed by atoms with E-state index < -0.39 is 10.0 Å². The van der Waals surface area contributed by atoms with Crippen molar-refractivity contribution in [1.29, 1.82) is 0 Å². The quantitative estimate of drug-likeness (QED) is 0.845. The fourth-order valence-corrected chi connectivity index (χ4v) is 3.43. The van der Waals surface area contributed by atoms with Crippen molar-refractivity contribution in [3.05, 3.63) is 17.9 Å². The van der Waals surface area contributed by atoms with Crippen molar-refractivity contribution in [1.82, 2.24) is 10.0 Å². The molecule has 2 rings (SSSR count). The number of nitrogens with one attached hydrogen (secondary N) is 2. The Morgan fingerprint density at radius 2 is 1.95 bits per heavy atom. The monoisotopic (exact) mass is 300 g/mol. The van der Waals surface area contributed by atoms with E-state index in [0.29, 0.717) is 17.7 Å². The summed E-state index contributed by atoms with van der Waals surface area (Å²) < 4.78 is 30.7. The van der Waals surface area contributed by atoms with Gasteiger partial charge in [-0.1, -0.05) is 26.2 Å². The van der Waals surface area contributed by atoms with Crippen molar-refractivity contribution in [3.63, 3.8) is 0 Å². The van der Waals surface area contributed by atoms with Crippen LogP contribution < -0.4 is 10.0 Å². The van der Waals surface area contributed by atoms with Crippen LogP contribution in [-0.4, -0.2) is 22.0 Å². The molecule has 1 saturated carbocycles. The Morgan fingerprint density at radius 3 is 2.60 bits per heavy atom. The van der Waals surface area contributed by atoms with E-state index in [4.69, 9.17) is 4.42 Å². The smallest absolute Gasteiger partial charge is 0.273 e. The zero-order chi connectivity index (χ0) is 14.6. The maximum Gasteiger partial charge on any atom is 0.273 e. The van der Waals surface area contributed by atoms with Gasteiger partial charge in [-0.05, 0) is 37.4 Å². The average molecular weight is 300 g/mol. The van der Waals surface area contributed by atoms with Gasteiger partial charge in [0.2, 0.25) is 5.09 Å². The molecule has 0 aromatic carbocycles. The molecule has 1 fully saturated rings. The molecule has 5 nitrogen and oxygen atoms in total. The summed E-state index contributed by atoms with van der Waals surface area (Å²) in [5.74, 6) is 0.651. The van der Waals surface area contributed by atoms with Gasteiger partial charge in [-0.2, -0.15) is 0 Å². The lowest BCUT2D eigenvalue weighted by molar-refractivity contribution is 0.205. The molecule has 2 N–H and O–H groups in total. The second kappa shape index (κ2) is 6.28. The van der Waals surface area contributed by atoms with Crippen LogP contribution in [0.5, 0.6) is 0 Å². The first-order valence-corrected chi connectivity index (χ1v) is 8.66. The highest BCUT2D eigenvalue weighted by molar-refractivity contribution is 7.89. The molecule has 0 atom stereocenters. The van der Waals surface area contributed by atoms with Gasteiger partial charge in [0.15, 0.2) is 0 Å². The molecule has 114 valence electrons. The van der Waals surface area contributed by atoms with Crippen LogP contribution >= 0.6 is 0 Å². The second-order valence-electron chi connectivity index (χ2n) is 5.90. The van der Waals surface area contributed by atoms with Crippen molar-refractivity contribution in [2.75, 3.05) is 13.6 Å². The maximum absolute atomic E-state index is 11.6. The van der Waals surface area contributed by atoms with E-state index in [9.17, 15) is 8.42 Å². The zero-order valence-electron chi connectivity index (χ0n) is 12.2. The summed E-state index contributed by atoms with van der Waals surface area (Å²) in [7, 11) is -2.10. The Bertz CT molecular complexity index is 530. The van der Waals surface area contributed by atoms with Gasteiger partial charge in [-0.3, -0.25) is 0 Å². The number of rotatable bonds is 6. The van der Waals surface area contributed by atoms with Gasteiger partial charge in [0, 0.05) is 6.54 Å². The molecule has 1 aromatic rings. The van der Waals surface area contributed by atoms with Gasteiger partial charge >= 0.3 is 0 Å². The number of sulfonamides is 1. The van der Waals surface area contributed by atoms with Crippen LogP contribution in [0.2, 0.25) is 0 Å². The molecular formula is C14H24N2O3S. The number of hydrogen-bond donors (Lipinski definition) is 2. The predicted molar refractivity (Wildman–Crippen MR) is 77.9 cm³/mol. The Balaban J connectivity index is 1.86. The summed E-state index contributed by atoms with van der Waals surface area (Å²) in [4.78, 5) is 0.